The Bertz CT molecular complexity index is 617. The Morgan fingerprint density at radius 3 is 2.57 bits per heavy atom. The lowest BCUT2D eigenvalue weighted by molar-refractivity contribution is -0.385. The Hall–Kier alpha value is -2.43. The van der Waals surface area contributed by atoms with Gasteiger partial charge in [-0.3, -0.25) is 10.1 Å². The maximum atomic E-state index is 13.8. The van der Waals surface area contributed by atoms with Crippen LogP contribution in [0.3, 0.4) is 0 Å². The Kier molecular flexibility index (Phi) is 4.87. The first-order chi connectivity index (χ1) is 10.1. The van der Waals surface area contributed by atoms with Gasteiger partial charge in [-0.25, -0.2) is 4.39 Å². The second-order valence-corrected chi connectivity index (χ2v) is 4.99. The number of hydrogen-bond donors (Lipinski definition) is 1. The number of aryl methyl sites for hydroxylation is 1. The molecule has 0 aliphatic heterocycles. The van der Waals surface area contributed by atoms with Crippen molar-refractivity contribution in [2.24, 2.45) is 0 Å². The van der Waals surface area contributed by atoms with Crippen LogP contribution in [0.5, 0.6) is 0 Å². The maximum Gasteiger partial charge on any atom is 0.272 e. The second-order valence-electron chi connectivity index (χ2n) is 4.99. The lowest BCUT2D eigenvalue weighted by Gasteiger charge is -2.15. The lowest BCUT2D eigenvalue weighted by Crippen LogP contribution is -2.17. The average molecular weight is 288 g/mol. The van der Waals surface area contributed by atoms with E-state index in [4.69, 9.17) is 0 Å². The van der Waals surface area contributed by atoms with Crippen molar-refractivity contribution in [3.63, 3.8) is 0 Å². The van der Waals surface area contributed by atoms with Crippen LogP contribution in [0.2, 0.25) is 0 Å². The third kappa shape index (κ3) is 4.27. The average Bonchev–Trinajstić information content (AvgIpc) is 2.48. The molecule has 5 heteroatoms. The summed E-state index contributed by atoms with van der Waals surface area (Å²) >= 11 is 0. The number of nitro groups is 1. The molecule has 110 valence electrons. The molecule has 2 aromatic carbocycles. The standard InChI is InChI=1S/C16H17FN2O2/c1-12(7-8-13-5-3-2-4-6-13)18-16-10-9-14(19(20)21)11-15(16)17/h2-6,9-12,18H,7-8H2,1H3. The van der Waals surface area contributed by atoms with Crippen molar-refractivity contribution < 1.29 is 9.31 Å². The van der Waals surface area contributed by atoms with Gasteiger partial charge in [0.2, 0.25) is 0 Å². The zero-order chi connectivity index (χ0) is 15.2. The van der Waals surface area contributed by atoms with Gasteiger partial charge in [0.05, 0.1) is 16.7 Å². The van der Waals surface area contributed by atoms with Crippen molar-refractivity contribution in [2.75, 3.05) is 5.32 Å². The largest absolute Gasteiger partial charge is 0.380 e. The summed E-state index contributed by atoms with van der Waals surface area (Å²) in [5.41, 5.74) is 1.28. The molecule has 0 saturated carbocycles. The van der Waals surface area contributed by atoms with Crippen molar-refractivity contribution in [3.8, 4) is 0 Å². The number of hydrogen-bond acceptors (Lipinski definition) is 3. The van der Waals surface area contributed by atoms with Crippen LogP contribution < -0.4 is 5.32 Å². The molecule has 1 N–H and O–H groups in total. The van der Waals surface area contributed by atoms with E-state index in [-0.39, 0.29) is 11.7 Å². The molecule has 0 aromatic heterocycles. The van der Waals surface area contributed by atoms with Crippen LogP contribution in [-0.2, 0) is 6.42 Å². The molecule has 0 amide bonds. The van der Waals surface area contributed by atoms with Crippen LogP contribution in [-0.4, -0.2) is 11.0 Å². The highest BCUT2D eigenvalue weighted by Gasteiger charge is 2.12. The number of nitrogens with one attached hydrogen (secondary N) is 1. The first-order valence-electron chi connectivity index (χ1n) is 6.80. The van der Waals surface area contributed by atoms with E-state index in [1.165, 1.54) is 17.7 Å². The predicted molar refractivity (Wildman–Crippen MR) is 80.9 cm³/mol. The minimum atomic E-state index is -0.605. The minimum Gasteiger partial charge on any atom is -0.380 e. The van der Waals surface area contributed by atoms with Crippen molar-refractivity contribution in [2.45, 2.75) is 25.8 Å². The van der Waals surface area contributed by atoms with Crippen LogP contribution in [0.25, 0.3) is 0 Å². The topological polar surface area (TPSA) is 55.2 Å². The SMILES string of the molecule is CC(CCc1ccccc1)Nc1ccc([N+](=O)[O-])cc1F. The smallest absolute Gasteiger partial charge is 0.272 e. The molecule has 0 aliphatic carbocycles. The quantitative estimate of drug-likeness (QED) is 0.641. The van der Waals surface area contributed by atoms with Crippen molar-refractivity contribution >= 4 is 11.4 Å². The van der Waals surface area contributed by atoms with Crippen molar-refractivity contribution in [1.29, 1.82) is 0 Å². The number of nitro benzene ring substituents is 1. The number of nitrogens with zero attached hydrogens (tertiary/aromatic N) is 1. The third-order valence-electron chi connectivity index (χ3n) is 3.27. The molecule has 4 nitrogen and oxygen atoms in total. The van der Waals surface area contributed by atoms with Gasteiger partial charge >= 0.3 is 0 Å². The Labute approximate surface area is 122 Å². The van der Waals surface area contributed by atoms with E-state index in [1.54, 1.807) is 0 Å². The molecule has 2 aromatic rings. The highest BCUT2D eigenvalue weighted by molar-refractivity contribution is 5.50. The molecule has 0 bridgehead atoms. The van der Waals surface area contributed by atoms with Gasteiger partial charge in [0, 0.05) is 12.1 Å². The molecular formula is C16H17FN2O2. The van der Waals surface area contributed by atoms with E-state index in [1.807, 2.05) is 25.1 Å². The fourth-order valence-electron chi connectivity index (χ4n) is 2.10. The summed E-state index contributed by atoms with van der Waals surface area (Å²) in [6, 6.07) is 13.8. The first-order valence-corrected chi connectivity index (χ1v) is 6.80. The summed E-state index contributed by atoms with van der Waals surface area (Å²) in [5.74, 6) is -0.601. The van der Waals surface area contributed by atoms with Crippen LogP contribution >= 0.6 is 0 Å². The molecule has 1 unspecified atom stereocenters. The zero-order valence-corrected chi connectivity index (χ0v) is 11.8. The van der Waals surface area contributed by atoms with Crippen molar-refractivity contribution in [3.05, 3.63) is 70.0 Å². The van der Waals surface area contributed by atoms with E-state index in [2.05, 4.69) is 17.4 Å². The highest BCUT2D eigenvalue weighted by Crippen LogP contribution is 2.21. The molecule has 1 atom stereocenters. The monoisotopic (exact) mass is 288 g/mol. The highest BCUT2D eigenvalue weighted by atomic mass is 19.1. The first kappa shape index (κ1) is 15.0. The van der Waals surface area contributed by atoms with E-state index < -0.39 is 10.7 Å². The predicted octanol–water partition coefficient (Wildman–Crippen LogP) is 4.17. The summed E-state index contributed by atoms with van der Waals surface area (Å²) < 4.78 is 13.8. The summed E-state index contributed by atoms with van der Waals surface area (Å²) in [7, 11) is 0. The van der Waals surface area contributed by atoms with Gasteiger partial charge in [-0.2, -0.15) is 0 Å². The molecule has 0 fully saturated rings. The third-order valence-corrected chi connectivity index (χ3v) is 3.27. The van der Waals surface area contributed by atoms with Gasteiger partial charge in [0.1, 0.15) is 0 Å². The number of non-ortho nitro benzene ring substituents is 1. The maximum absolute atomic E-state index is 13.8. The summed E-state index contributed by atoms with van der Waals surface area (Å²) in [4.78, 5) is 9.96. The molecule has 21 heavy (non-hydrogen) atoms. The summed E-state index contributed by atoms with van der Waals surface area (Å²) in [5, 5.41) is 13.6. The van der Waals surface area contributed by atoms with Crippen LogP contribution in [0.15, 0.2) is 48.5 Å². The van der Waals surface area contributed by atoms with E-state index in [0.717, 1.165) is 18.9 Å². The van der Waals surface area contributed by atoms with Gasteiger partial charge in [-0.05, 0) is 31.4 Å². The molecule has 0 saturated heterocycles. The molecule has 0 radical (unpaired) electrons. The van der Waals surface area contributed by atoms with Gasteiger partial charge in [-0.1, -0.05) is 30.3 Å². The number of anilines is 1. The number of benzene rings is 2. The minimum absolute atomic E-state index is 0.0705. The van der Waals surface area contributed by atoms with E-state index >= 15 is 0 Å². The number of halogens is 1. The Balaban J connectivity index is 1.93. The lowest BCUT2D eigenvalue weighted by atomic mass is 10.1. The molecular weight excluding hydrogens is 271 g/mol. The van der Waals surface area contributed by atoms with E-state index in [9.17, 15) is 14.5 Å². The van der Waals surface area contributed by atoms with Gasteiger partial charge < -0.3 is 5.32 Å². The van der Waals surface area contributed by atoms with Crippen LogP contribution in [0, 0.1) is 15.9 Å². The zero-order valence-electron chi connectivity index (χ0n) is 11.8. The van der Waals surface area contributed by atoms with Crippen LogP contribution in [0.1, 0.15) is 18.9 Å². The Morgan fingerprint density at radius 1 is 1.24 bits per heavy atom. The van der Waals surface area contributed by atoms with Gasteiger partial charge in [-0.15, -0.1) is 0 Å². The fourth-order valence-corrected chi connectivity index (χ4v) is 2.10. The summed E-state index contributed by atoms with van der Waals surface area (Å²) in [6.07, 6.45) is 1.74. The number of rotatable bonds is 6. The normalized spacial score (nSPS) is 11.9. The molecule has 0 spiro atoms. The van der Waals surface area contributed by atoms with Gasteiger partial charge in [0.15, 0.2) is 5.82 Å². The second kappa shape index (κ2) is 6.83. The summed E-state index contributed by atoms with van der Waals surface area (Å²) in [6.45, 7) is 1.96. The Morgan fingerprint density at radius 2 is 1.95 bits per heavy atom. The molecule has 2 rings (SSSR count). The van der Waals surface area contributed by atoms with Gasteiger partial charge in [0.25, 0.3) is 5.69 Å². The van der Waals surface area contributed by atoms with E-state index in [0.29, 0.717) is 5.69 Å². The molecule has 0 heterocycles. The van der Waals surface area contributed by atoms with Crippen molar-refractivity contribution in [1.82, 2.24) is 0 Å². The van der Waals surface area contributed by atoms with Crippen LogP contribution in [0.4, 0.5) is 15.8 Å². The fraction of sp³-hybridized carbons (Fsp3) is 0.250. The molecule has 0 aliphatic rings.